The number of fused-ring (bicyclic) bond motifs is 2. The van der Waals surface area contributed by atoms with Crippen LogP contribution in [-0.2, 0) is 18.9 Å². The van der Waals surface area contributed by atoms with Crippen molar-refractivity contribution >= 4 is 35.8 Å². The fourth-order valence-corrected chi connectivity index (χ4v) is 4.29. The summed E-state index contributed by atoms with van der Waals surface area (Å²) in [6.07, 6.45) is -0.783. The van der Waals surface area contributed by atoms with E-state index in [0.29, 0.717) is 17.5 Å². The molecule has 0 spiro atoms. The Hall–Kier alpha value is -5.12. The first kappa shape index (κ1) is 25.5. The van der Waals surface area contributed by atoms with E-state index in [0.717, 1.165) is 0 Å². The molecule has 0 saturated heterocycles. The van der Waals surface area contributed by atoms with Crippen molar-refractivity contribution in [3.05, 3.63) is 105 Å². The molecule has 196 valence electrons. The van der Waals surface area contributed by atoms with Crippen LogP contribution in [0.15, 0.2) is 60.7 Å². The molecular formula is C29H20O10. The zero-order chi connectivity index (χ0) is 27.8. The maximum Gasteiger partial charge on any atom is 0.346 e. The van der Waals surface area contributed by atoms with Gasteiger partial charge in [0, 0.05) is 0 Å². The molecule has 10 nitrogen and oxygen atoms in total. The first-order chi connectivity index (χ1) is 18.7. The lowest BCUT2D eigenvalue weighted by molar-refractivity contribution is 0.0282. The van der Waals surface area contributed by atoms with Crippen molar-refractivity contribution in [3.8, 4) is 0 Å². The molecule has 0 amide bonds. The van der Waals surface area contributed by atoms with Crippen molar-refractivity contribution in [2.45, 2.75) is 32.5 Å². The molecule has 0 radical (unpaired) electrons. The summed E-state index contributed by atoms with van der Waals surface area (Å²) in [5, 5.41) is 0. The Bertz CT molecular complexity index is 1570. The second-order valence-corrected chi connectivity index (χ2v) is 8.89. The van der Waals surface area contributed by atoms with E-state index >= 15 is 0 Å². The van der Waals surface area contributed by atoms with Crippen molar-refractivity contribution < 1.29 is 47.7 Å². The SMILES string of the molecule is CCC(OC(=O)c1ccc2c(c1)C(=O)OC2=O)c1ccc(C(C)OC(=O)c2ccc3c(c2)C(=O)OC3=O)cc1. The van der Waals surface area contributed by atoms with Gasteiger partial charge in [-0.2, -0.15) is 0 Å². The molecule has 5 rings (SSSR count). The molecule has 2 atom stereocenters. The van der Waals surface area contributed by atoms with Crippen LogP contribution in [0.3, 0.4) is 0 Å². The maximum atomic E-state index is 12.8. The molecule has 0 bridgehead atoms. The average Bonchev–Trinajstić information content (AvgIpc) is 3.39. The number of rotatable bonds is 7. The van der Waals surface area contributed by atoms with Crippen molar-refractivity contribution in [2.75, 3.05) is 0 Å². The van der Waals surface area contributed by atoms with Gasteiger partial charge in [-0.1, -0.05) is 31.2 Å². The van der Waals surface area contributed by atoms with Gasteiger partial charge in [-0.05, 0) is 60.9 Å². The number of cyclic esters (lactones) is 4. The smallest absolute Gasteiger partial charge is 0.346 e. The average molecular weight is 528 g/mol. The van der Waals surface area contributed by atoms with Crippen LogP contribution < -0.4 is 0 Å². The summed E-state index contributed by atoms with van der Waals surface area (Å²) in [7, 11) is 0. The molecule has 3 aromatic rings. The van der Waals surface area contributed by atoms with Crippen molar-refractivity contribution in [1.82, 2.24) is 0 Å². The van der Waals surface area contributed by atoms with Crippen LogP contribution in [0, 0.1) is 0 Å². The quantitative estimate of drug-likeness (QED) is 0.244. The number of benzene rings is 3. The highest BCUT2D eigenvalue weighted by Gasteiger charge is 2.32. The van der Waals surface area contributed by atoms with Gasteiger partial charge in [0.25, 0.3) is 0 Å². The molecule has 0 aromatic heterocycles. The number of esters is 6. The molecule has 0 fully saturated rings. The molecule has 2 heterocycles. The third kappa shape index (κ3) is 4.79. The van der Waals surface area contributed by atoms with Crippen LogP contribution in [-0.4, -0.2) is 35.8 Å². The van der Waals surface area contributed by atoms with E-state index in [1.54, 1.807) is 31.2 Å². The number of hydrogen-bond donors (Lipinski definition) is 0. The second kappa shape index (κ2) is 9.97. The predicted octanol–water partition coefficient (Wildman–Crippen LogP) is 4.53. The van der Waals surface area contributed by atoms with Crippen molar-refractivity contribution in [3.63, 3.8) is 0 Å². The highest BCUT2D eigenvalue weighted by atomic mass is 16.6. The molecule has 39 heavy (non-hydrogen) atoms. The summed E-state index contributed by atoms with van der Waals surface area (Å²) >= 11 is 0. The lowest BCUT2D eigenvalue weighted by Crippen LogP contribution is -2.13. The van der Waals surface area contributed by atoms with Gasteiger partial charge in [-0.25, -0.2) is 28.8 Å². The van der Waals surface area contributed by atoms with Crippen LogP contribution in [0.1, 0.15) is 106 Å². The third-order valence-corrected chi connectivity index (χ3v) is 6.44. The molecule has 0 saturated carbocycles. The van der Waals surface area contributed by atoms with Gasteiger partial charge < -0.3 is 18.9 Å². The molecule has 2 aliphatic heterocycles. The van der Waals surface area contributed by atoms with Gasteiger partial charge in [-0.15, -0.1) is 0 Å². The first-order valence-electron chi connectivity index (χ1n) is 12.0. The predicted molar refractivity (Wildman–Crippen MR) is 131 cm³/mol. The van der Waals surface area contributed by atoms with Crippen molar-refractivity contribution in [1.29, 1.82) is 0 Å². The van der Waals surface area contributed by atoms with E-state index in [4.69, 9.17) is 9.47 Å². The summed E-state index contributed by atoms with van der Waals surface area (Å²) < 4.78 is 20.3. The molecule has 2 aliphatic rings. The lowest BCUT2D eigenvalue weighted by atomic mass is 10.0. The van der Waals surface area contributed by atoms with Gasteiger partial charge in [0.05, 0.1) is 33.4 Å². The number of carbonyl (C=O) groups excluding carboxylic acids is 6. The number of carbonyl (C=O) groups is 6. The highest BCUT2D eigenvalue weighted by Crippen LogP contribution is 2.28. The maximum absolute atomic E-state index is 12.8. The van der Waals surface area contributed by atoms with E-state index in [2.05, 4.69) is 9.47 Å². The number of ether oxygens (including phenoxy) is 4. The summed E-state index contributed by atoms with van der Waals surface area (Å²) in [6, 6.07) is 15.0. The summed E-state index contributed by atoms with van der Waals surface area (Å²) in [5.41, 5.74) is 1.81. The molecular weight excluding hydrogens is 508 g/mol. The van der Waals surface area contributed by atoms with E-state index in [1.165, 1.54) is 36.4 Å². The van der Waals surface area contributed by atoms with Crippen LogP contribution in [0.5, 0.6) is 0 Å². The summed E-state index contributed by atoms with van der Waals surface area (Å²) in [6.45, 7) is 3.52. The van der Waals surface area contributed by atoms with E-state index < -0.39 is 48.0 Å². The van der Waals surface area contributed by atoms with Gasteiger partial charge in [-0.3, -0.25) is 0 Å². The van der Waals surface area contributed by atoms with Gasteiger partial charge >= 0.3 is 35.8 Å². The molecule has 0 N–H and O–H groups in total. The molecule has 10 heteroatoms. The molecule has 3 aromatic carbocycles. The monoisotopic (exact) mass is 528 g/mol. The molecule has 2 unspecified atom stereocenters. The normalized spacial score (nSPS) is 15.1. The van der Waals surface area contributed by atoms with Crippen LogP contribution in [0.2, 0.25) is 0 Å². The lowest BCUT2D eigenvalue weighted by Gasteiger charge is -2.19. The minimum absolute atomic E-state index is 0.0138. The van der Waals surface area contributed by atoms with Gasteiger partial charge in [0.15, 0.2) is 0 Å². The minimum Gasteiger partial charge on any atom is -0.454 e. The fourth-order valence-electron chi connectivity index (χ4n) is 4.29. The minimum atomic E-state index is -0.812. The van der Waals surface area contributed by atoms with Gasteiger partial charge in [0.1, 0.15) is 12.2 Å². The van der Waals surface area contributed by atoms with E-state index in [-0.39, 0.29) is 33.4 Å². The van der Waals surface area contributed by atoms with Crippen molar-refractivity contribution in [2.24, 2.45) is 0 Å². The number of hydrogen-bond acceptors (Lipinski definition) is 10. The first-order valence-corrected chi connectivity index (χ1v) is 12.0. The third-order valence-electron chi connectivity index (χ3n) is 6.44. The zero-order valence-corrected chi connectivity index (χ0v) is 20.7. The Kier molecular flexibility index (Phi) is 6.53. The Morgan fingerprint density at radius 2 is 1.08 bits per heavy atom. The Labute approximate surface area is 221 Å². The van der Waals surface area contributed by atoms with Gasteiger partial charge in [0.2, 0.25) is 0 Å². The zero-order valence-electron chi connectivity index (χ0n) is 20.7. The standard InChI is InChI=1S/C29H20O10/c1-3-23(37-25(31)18-9-11-20-22(13-18)29(35)39-27(20)33)16-6-4-15(5-7-16)14(2)36-24(30)17-8-10-19-21(12-17)28(34)38-26(19)32/h4-14,23H,3H2,1-2H3. The highest BCUT2D eigenvalue weighted by molar-refractivity contribution is 6.16. The Balaban J connectivity index is 1.24. The molecule has 0 aliphatic carbocycles. The van der Waals surface area contributed by atoms with E-state index in [9.17, 15) is 28.8 Å². The largest absolute Gasteiger partial charge is 0.454 e. The summed E-state index contributed by atoms with van der Waals surface area (Å²) in [5.74, 6) is -4.48. The fraction of sp³-hybridized carbons (Fsp3) is 0.172. The summed E-state index contributed by atoms with van der Waals surface area (Å²) in [4.78, 5) is 72.2. The topological polar surface area (TPSA) is 139 Å². The Morgan fingerprint density at radius 1 is 0.641 bits per heavy atom. The Morgan fingerprint density at radius 3 is 1.56 bits per heavy atom. The second-order valence-electron chi connectivity index (χ2n) is 8.89. The van der Waals surface area contributed by atoms with Crippen LogP contribution in [0.4, 0.5) is 0 Å². The van der Waals surface area contributed by atoms with E-state index in [1.807, 2.05) is 6.92 Å². The van der Waals surface area contributed by atoms with Crippen LogP contribution in [0.25, 0.3) is 0 Å². The van der Waals surface area contributed by atoms with Crippen LogP contribution >= 0.6 is 0 Å².